The van der Waals surface area contributed by atoms with Crippen LogP contribution in [0.1, 0.15) is 26.0 Å². The average molecular weight is 255 g/mol. The van der Waals surface area contributed by atoms with Crippen molar-refractivity contribution in [3.8, 4) is 0 Å². The van der Waals surface area contributed by atoms with E-state index < -0.39 is 4.92 Å². The van der Waals surface area contributed by atoms with Crippen LogP contribution in [-0.4, -0.2) is 27.3 Å². The molecule has 0 amide bonds. The van der Waals surface area contributed by atoms with Crippen LogP contribution in [-0.2, 0) is 7.05 Å². The van der Waals surface area contributed by atoms with Gasteiger partial charge in [-0.2, -0.15) is 5.10 Å². The van der Waals surface area contributed by atoms with Crippen molar-refractivity contribution in [1.29, 1.82) is 0 Å². The third kappa shape index (κ3) is 3.19. The number of aromatic nitrogens is 2. The molecule has 1 atom stereocenters. The molecule has 0 aliphatic carbocycles. The summed E-state index contributed by atoms with van der Waals surface area (Å²) in [6, 6.07) is 0.0125. The number of anilines is 1. The topological polar surface area (TPSA) is 99.0 Å². The Balaban J connectivity index is 2.98. The van der Waals surface area contributed by atoms with Gasteiger partial charge in [0.1, 0.15) is 5.69 Å². The zero-order chi connectivity index (χ0) is 13.9. The third-order valence-electron chi connectivity index (χ3n) is 2.75. The lowest BCUT2D eigenvalue weighted by Crippen LogP contribution is -2.31. The Labute approximate surface area is 107 Å². The number of hydrogen-bond acceptors (Lipinski definition) is 5. The molecule has 7 heteroatoms. The maximum Gasteiger partial charge on any atom is 0.333 e. The molecule has 1 aromatic heterocycles. The van der Waals surface area contributed by atoms with Gasteiger partial charge in [0.15, 0.2) is 0 Å². The van der Waals surface area contributed by atoms with Crippen molar-refractivity contribution < 1.29 is 4.92 Å². The molecule has 1 rings (SSSR count). The summed E-state index contributed by atoms with van der Waals surface area (Å²) < 4.78 is 1.50. The number of rotatable bonds is 6. The quantitative estimate of drug-likeness (QED) is 0.591. The second-order valence-electron chi connectivity index (χ2n) is 4.87. The number of nitro groups is 1. The second kappa shape index (κ2) is 5.81. The van der Waals surface area contributed by atoms with Crippen LogP contribution in [0.3, 0.4) is 0 Å². The fraction of sp³-hybridized carbons (Fsp3) is 0.727. The van der Waals surface area contributed by atoms with Gasteiger partial charge in [0.25, 0.3) is 0 Å². The molecule has 1 unspecified atom stereocenters. The molecule has 1 aromatic rings. The highest BCUT2D eigenvalue weighted by molar-refractivity contribution is 5.59. The highest BCUT2D eigenvalue weighted by Crippen LogP contribution is 2.28. The van der Waals surface area contributed by atoms with Crippen molar-refractivity contribution in [3.05, 3.63) is 15.8 Å². The van der Waals surface area contributed by atoms with Crippen molar-refractivity contribution >= 4 is 11.5 Å². The van der Waals surface area contributed by atoms with E-state index in [-0.39, 0.29) is 11.7 Å². The molecule has 0 saturated carbocycles. The Kier molecular flexibility index (Phi) is 4.66. The van der Waals surface area contributed by atoms with Crippen LogP contribution in [0, 0.1) is 23.0 Å². The van der Waals surface area contributed by atoms with E-state index in [0.29, 0.717) is 24.0 Å². The zero-order valence-corrected chi connectivity index (χ0v) is 11.3. The molecule has 102 valence electrons. The van der Waals surface area contributed by atoms with E-state index in [1.54, 1.807) is 14.0 Å². The minimum atomic E-state index is -0.409. The number of hydrogen-bond donors (Lipinski definition) is 2. The lowest BCUT2D eigenvalue weighted by Gasteiger charge is -2.19. The molecule has 3 N–H and O–H groups in total. The van der Waals surface area contributed by atoms with E-state index >= 15 is 0 Å². The molecule has 0 radical (unpaired) electrons. The first kappa shape index (κ1) is 14.4. The molecule has 0 fully saturated rings. The van der Waals surface area contributed by atoms with E-state index in [1.165, 1.54) is 4.68 Å². The van der Waals surface area contributed by atoms with Gasteiger partial charge in [-0.05, 0) is 19.3 Å². The van der Waals surface area contributed by atoms with Gasteiger partial charge in [0, 0.05) is 19.6 Å². The van der Waals surface area contributed by atoms with E-state index in [1.807, 2.05) is 0 Å². The molecule has 0 aliphatic rings. The summed E-state index contributed by atoms with van der Waals surface area (Å²) in [4.78, 5) is 10.6. The summed E-state index contributed by atoms with van der Waals surface area (Å²) in [7, 11) is 1.69. The summed E-state index contributed by atoms with van der Waals surface area (Å²) in [5.74, 6) is 0.896. The van der Waals surface area contributed by atoms with Crippen LogP contribution >= 0.6 is 0 Å². The number of nitrogens with one attached hydrogen (secondary N) is 1. The molecule has 7 nitrogen and oxygen atoms in total. The first-order valence-corrected chi connectivity index (χ1v) is 6.01. The summed E-state index contributed by atoms with van der Waals surface area (Å²) >= 11 is 0. The Morgan fingerprint density at radius 1 is 1.56 bits per heavy atom. The van der Waals surface area contributed by atoms with Crippen LogP contribution in [0.5, 0.6) is 0 Å². The minimum Gasteiger partial charge on any atom is -0.361 e. The number of nitrogens with zero attached hydrogens (tertiary/aromatic N) is 3. The zero-order valence-electron chi connectivity index (χ0n) is 11.3. The van der Waals surface area contributed by atoms with Gasteiger partial charge >= 0.3 is 5.69 Å². The second-order valence-corrected chi connectivity index (χ2v) is 4.87. The maximum atomic E-state index is 11.0. The fourth-order valence-corrected chi connectivity index (χ4v) is 2.00. The largest absolute Gasteiger partial charge is 0.361 e. The summed E-state index contributed by atoms with van der Waals surface area (Å²) in [6.45, 7) is 6.24. The van der Waals surface area contributed by atoms with Crippen molar-refractivity contribution in [3.63, 3.8) is 0 Å². The lowest BCUT2D eigenvalue weighted by molar-refractivity contribution is -0.384. The lowest BCUT2D eigenvalue weighted by atomic mass is 10.0. The molecule has 0 spiro atoms. The van der Waals surface area contributed by atoms with Gasteiger partial charge in [-0.15, -0.1) is 0 Å². The SMILES string of the molecule is Cc1nn(C)c(NC(CN)CC(C)C)c1[N+](=O)[O-]. The molecular weight excluding hydrogens is 234 g/mol. The van der Waals surface area contributed by atoms with Crippen molar-refractivity contribution in [1.82, 2.24) is 9.78 Å². The Morgan fingerprint density at radius 2 is 2.17 bits per heavy atom. The smallest absolute Gasteiger partial charge is 0.333 e. The number of aryl methyl sites for hydroxylation is 2. The van der Waals surface area contributed by atoms with Crippen molar-refractivity contribution in [2.75, 3.05) is 11.9 Å². The highest BCUT2D eigenvalue weighted by atomic mass is 16.6. The molecule has 0 aromatic carbocycles. The first-order chi connectivity index (χ1) is 8.36. The molecular formula is C11H21N5O2. The third-order valence-corrected chi connectivity index (χ3v) is 2.75. The molecule has 0 bridgehead atoms. The van der Waals surface area contributed by atoms with Gasteiger partial charge in [-0.1, -0.05) is 13.8 Å². The summed E-state index contributed by atoms with van der Waals surface area (Å²) in [5.41, 5.74) is 6.13. The van der Waals surface area contributed by atoms with E-state index in [0.717, 1.165) is 6.42 Å². The van der Waals surface area contributed by atoms with E-state index in [9.17, 15) is 10.1 Å². The summed E-state index contributed by atoms with van der Waals surface area (Å²) in [6.07, 6.45) is 0.859. The number of nitrogens with two attached hydrogens (primary N) is 1. The van der Waals surface area contributed by atoms with Gasteiger partial charge in [-0.25, -0.2) is 4.68 Å². The molecule has 1 heterocycles. The molecule has 18 heavy (non-hydrogen) atoms. The fourth-order valence-electron chi connectivity index (χ4n) is 2.00. The predicted octanol–water partition coefficient (Wildman–Crippen LogP) is 1.42. The normalized spacial score (nSPS) is 12.8. The van der Waals surface area contributed by atoms with Gasteiger partial charge in [0.2, 0.25) is 5.82 Å². The van der Waals surface area contributed by atoms with Crippen LogP contribution in [0.25, 0.3) is 0 Å². The van der Waals surface area contributed by atoms with Crippen LogP contribution in [0.15, 0.2) is 0 Å². The van der Waals surface area contributed by atoms with Crippen LogP contribution in [0.4, 0.5) is 11.5 Å². The monoisotopic (exact) mass is 255 g/mol. The van der Waals surface area contributed by atoms with E-state index in [2.05, 4.69) is 24.3 Å². The first-order valence-electron chi connectivity index (χ1n) is 6.01. The predicted molar refractivity (Wildman–Crippen MR) is 70.5 cm³/mol. The van der Waals surface area contributed by atoms with Crippen molar-refractivity contribution in [2.45, 2.75) is 33.2 Å². The summed E-state index contributed by atoms with van der Waals surface area (Å²) in [5, 5.41) is 18.2. The van der Waals surface area contributed by atoms with Gasteiger partial charge in [0.05, 0.1) is 4.92 Å². The molecule has 0 saturated heterocycles. The average Bonchev–Trinajstić information content (AvgIpc) is 2.52. The standard InChI is InChI=1S/C11H21N5O2/c1-7(2)5-9(6-12)13-11-10(16(17)18)8(3)14-15(11)4/h7,9,13H,5-6,12H2,1-4H3. The van der Waals surface area contributed by atoms with E-state index in [4.69, 9.17) is 5.73 Å². The Bertz CT molecular complexity index is 427. The van der Waals surface area contributed by atoms with Crippen molar-refractivity contribution in [2.24, 2.45) is 18.7 Å². The Hall–Kier alpha value is -1.63. The minimum absolute atomic E-state index is 0.0125. The molecule has 0 aliphatic heterocycles. The Morgan fingerprint density at radius 3 is 2.61 bits per heavy atom. The van der Waals surface area contributed by atoms with Gasteiger partial charge < -0.3 is 11.1 Å². The van der Waals surface area contributed by atoms with Crippen LogP contribution < -0.4 is 11.1 Å². The van der Waals surface area contributed by atoms with Crippen LogP contribution in [0.2, 0.25) is 0 Å². The highest BCUT2D eigenvalue weighted by Gasteiger charge is 2.25. The maximum absolute atomic E-state index is 11.0. The van der Waals surface area contributed by atoms with Gasteiger partial charge in [-0.3, -0.25) is 10.1 Å².